The van der Waals surface area contributed by atoms with E-state index in [1.807, 2.05) is 0 Å². The lowest BCUT2D eigenvalue weighted by Gasteiger charge is -2.37. The Kier molecular flexibility index (Phi) is 6.13. The van der Waals surface area contributed by atoms with E-state index in [9.17, 15) is 0 Å². The molecule has 21 heavy (non-hydrogen) atoms. The molecular formula is C19H30ClN. The summed E-state index contributed by atoms with van der Waals surface area (Å²) in [6.07, 6.45) is 5.35. The number of aryl methyl sites for hydroxylation is 1. The molecule has 1 aliphatic rings. The first-order valence-corrected chi connectivity index (χ1v) is 8.88. The van der Waals surface area contributed by atoms with Crippen LogP contribution in [0.15, 0.2) is 18.2 Å². The van der Waals surface area contributed by atoms with Gasteiger partial charge in [0.1, 0.15) is 0 Å². The summed E-state index contributed by atoms with van der Waals surface area (Å²) < 4.78 is 0. The average Bonchev–Trinajstić information content (AvgIpc) is 2.47. The third kappa shape index (κ3) is 4.47. The van der Waals surface area contributed by atoms with Crippen molar-refractivity contribution in [3.63, 3.8) is 0 Å². The lowest BCUT2D eigenvalue weighted by Crippen LogP contribution is -2.35. The summed E-state index contributed by atoms with van der Waals surface area (Å²) >= 11 is 6.36. The Morgan fingerprint density at radius 1 is 1.29 bits per heavy atom. The van der Waals surface area contributed by atoms with Crippen LogP contribution < -0.4 is 5.32 Å². The van der Waals surface area contributed by atoms with E-state index in [0.29, 0.717) is 12.0 Å². The second-order valence-electron chi connectivity index (χ2n) is 7.03. The van der Waals surface area contributed by atoms with Crippen LogP contribution in [-0.4, -0.2) is 12.6 Å². The minimum Gasteiger partial charge on any atom is -0.314 e. The molecule has 1 fully saturated rings. The van der Waals surface area contributed by atoms with Crippen molar-refractivity contribution in [2.45, 2.75) is 65.3 Å². The van der Waals surface area contributed by atoms with Crippen molar-refractivity contribution < 1.29 is 0 Å². The van der Waals surface area contributed by atoms with Gasteiger partial charge in [0.05, 0.1) is 0 Å². The molecule has 0 bridgehead atoms. The van der Waals surface area contributed by atoms with Gasteiger partial charge >= 0.3 is 0 Å². The van der Waals surface area contributed by atoms with Crippen molar-refractivity contribution in [2.75, 3.05) is 6.54 Å². The van der Waals surface area contributed by atoms with Crippen LogP contribution in [0.3, 0.4) is 0 Å². The standard InChI is InChI=1S/C19H30ClN/c1-5-15-7-9-17(12-21-13(2)3)18(10-15)16-8-6-14(4)19(20)11-16/h6,8,11,13,15,17-18,21H,5,7,9-10,12H2,1-4H3. The highest BCUT2D eigenvalue weighted by molar-refractivity contribution is 6.31. The molecule has 0 radical (unpaired) electrons. The van der Waals surface area contributed by atoms with E-state index in [4.69, 9.17) is 11.6 Å². The van der Waals surface area contributed by atoms with Gasteiger partial charge in [-0.3, -0.25) is 0 Å². The monoisotopic (exact) mass is 307 g/mol. The highest BCUT2D eigenvalue weighted by Gasteiger charge is 2.30. The number of hydrogen-bond donors (Lipinski definition) is 1. The molecule has 3 unspecified atom stereocenters. The van der Waals surface area contributed by atoms with E-state index in [1.54, 1.807) is 0 Å². The van der Waals surface area contributed by atoms with E-state index in [1.165, 1.54) is 36.8 Å². The summed E-state index contributed by atoms with van der Waals surface area (Å²) in [5.74, 6) is 2.28. The SMILES string of the molecule is CCC1CCC(CNC(C)C)C(c2ccc(C)c(Cl)c2)C1. The van der Waals surface area contributed by atoms with Crippen LogP contribution in [0.1, 0.15) is 63.5 Å². The van der Waals surface area contributed by atoms with E-state index in [2.05, 4.69) is 51.2 Å². The molecule has 2 rings (SSSR count). The predicted octanol–water partition coefficient (Wildman–Crippen LogP) is 5.56. The molecule has 0 spiro atoms. The largest absolute Gasteiger partial charge is 0.314 e. The summed E-state index contributed by atoms with van der Waals surface area (Å²) in [6, 6.07) is 7.25. The van der Waals surface area contributed by atoms with Gasteiger partial charge in [-0.2, -0.15) is 0 Å². The Morgan fingerprint density at radius 2 is 2.05 bits per heavy atom. The molecule has 1 N–H and O–H groups in total. The lowest BCUT2D eigenvalue weighted by molar-refractivity contribution is 0.222. The Hall–Kier alpha value is -0.530. The van der Waals surface area contributed by atoms with Crippen molar-refractivity contribution >= 4 is 11.6 Å². The molecule has 3 atom stereocenters. The number of rotatable bonds is 5. The van der Waals surface area contributed by atoms with Crippen LogP contribution in [0.2, 0.25) is 5.02 Å². The highest BCUT2D eigenvalue weighted by atomic mass is 35.5. The van der Waals surface area contributed by atoms with E-state index in [0.717, 1.165) is 23.4 Å². The molecule has 2 heteroatoms. The lowest BCUT2D eigenvalue weighted by atomic mass is 9.70. The molecule has 0 aromatic heterocycles. The second kappa shape index (κ2) is 7.65. The molecule has 0 amide bonds. The zero-order chi connectivity index (χ0) is 15.4. The fraction of sp³-hybridized carbons (Fsp3) is 0.684. The molecule has 1 aliphatic carbocycles. The van der Waals surface area contributed by atoms with Gasteiger partial charge in [-0.1, -0.05) is 57.3 Å². The van der Waals surface area contributed by atoms with Gasteiger partial charge in [-0.05, 0) is 61.3 Å². The molecule has 1 saturated carbocycles. The summed E-state index contributed by atoms with van der Waals surface area (Å²) in [5.41, 5.74) is 2.62. The number of hydrogen-bond acceptors (Lipinski definition) is 1. The van der Waals surface area contributed by atoms with Gasteiger partial charge in [-0.15, -0.1) is 0 Å². The number of halogens is 1. The summed E-state index contributed by atoms with van der Waals surface area (Å²) in [4.78, 5) is 0. The summed E-state index contributed by atoms with van der Waals surface area (Å²) in [6.45, 7) is 10.0. The van der Waals surface area contributed by atoms with Crippen molar-refractivity contribution in [1.29, 1.82) is 0 Å². The van der Waals surface area contributed by atoms with Crippen molar-refractivity contribution in [3.05, 3.63) is 34.3 Å². The van der Waals surface area contributed by atoms with Gasteiger partial charge in [-0.25, -0.2) is 0 Å². The van der Waals surface area contributed by atoms with Gasteiger partial charge in [0.2, 0.25) is 0 Å². The molecule has 118 valence electrons. The van der Waals surface area contributed by atoms with Crippen LogP contribution in [0, 0.1) is 18.8 Å². The van der Waals surface area contributed by atoms with Gasteiger partial charge in [0.15, 0.2) is 0 Å². The third-order valence-electron chi connectivity index (χ3n) is 5.09. The fourth-order valence-corrected chi connectivity index (χ4v) is 3.76. The first kappa shape index (κ1) is 16.8. The van der Waals surface area contributed by atoms with Crippen molar-refractivity contribution in [3.8, 4) is 0 Å². The fourth-order valence-electron chi connectivity index (χ4n) is 3.57. The maximum atomic E-state index is 6.36. The molecule has 0 heterocycles. The zero-order valence-electron chi connectivity index (χ0n) is 14.0. The Morgan fingerprint density at radius 3 is 2.67 bits per heavy atom. The van der Waals surface area contributed by atoms with Gasteiger partial charge in [0.25, 0.3) is 0 Å². The highest BCUT2D eigenvalue weighted by Crippen LogP contribution is 2.42. The molecule has 1 aromatic carbocycles. The Labute approximate surface area is 135 Å². The van der Waals surface area contributed by atoms with Crippen LogP contribution in [0.5, 0.6) is 0 Å². The van der Waals surface area contributed by atoms with Crippen molar-refractivity contribution in [1.82, 2.24) is 5.32 Å². The minimum absolute atomic E-state index is 0.566. The molecule has 0 aliphatic heterocycles. The van der Waals surface area contributed by atoms with Crippen molar-refractivity contribution in [2.24, 2.45) is 11.8 Å². The predicted molar refractivity (Wildman–Crippen MR) is 93.2 cm³/mol. The summed E-state index contributed by atoms with van der Waals surface area (Å²) in [7, 11) is 0. The average molecular weight is 308 g/mol. The first-order valence-electron chi connectivity index (χ1n) is 8.50. The minimum atomic E-state index is 0.566. The van der Waals surface area contributed by atoms with E-state index >= 15 is 0 Å². The molecular weight excluding hydrogens is 278 g/mol. The second-order valence-corrected chi connectivity index (χ2v) is 7.43. The van der Waals surface area contributed by atoms with Crippen LogP contribution in [0.4, 0.5) is 0 Å². The maximum absolute atomic E-state index is 6.36. The third-order valence-corrected chi connectivity index (χ3v) is 5.50. The normalized spacial score (nSPS) is 26.3. The Bertz CT molecular complexity index is 455. The van der Waals surface area contributed by atoms with Gasteiger partial charge < -0.3 is 5.32 Å². The zero-order valence-corrected chi connectivity index (χ0v) is 14.7. The van der Waals surface area contributed by atoms with Gasteiger partial charge in [0, 0.05) is 11.1 Å². The maximum Gasteiger partial charge on any atom is 0.0438 e. The quantitative estimate of drug-likeness (QED) is 0.751. The molecule has 0 saturated heterocycles. The first-order chi connectivity index (χ1) is 10.0. The smallest absolute Gasteiger partial charge is 0.0438 e. The van der Waals surface area contributed by atoms with E-state index < -0.39 is 0 Å². The van der Waals surface area contributed by atoms with Crippen LogP contribution >= 0.6 is 11.6 Å². The van der Waals surface area contributed by atoms with E-state index in [-0.39, 0.29) is 0 Å². The Balaban J connectivity index is 2.17. The molecule has 1 nitrogen and oxygen atoms in total. The summed E-state index contributed by atoms with van der Waals surface area (Å²) in [5, 5.41) is 4.56. The van der Waals surface area contributed by atoms with Crippen LogP contribution in [-0.2, 0) is 0 Å². The topological polar surface area (TPSA) is 12.0 Å². The molecule has 1 aromatic rings. The number of nitrogens with one attached hydrogen (secondary N) is 1. The van der Waals surface area contributed by atoms with Crippen LogP contribution in [0.25, 0.3) is 0 Å². The number of benzene rings is 1.